The van der Waals surface area contributed by atoms with Gasteiger partial charge in [-0.2, -0.15) is 0 Å². The summed E-state index contributed by atoms with van der Waals surface area (Å²) < 4.78 is 40.5. The molecule has 1 atom stereocenters. The number of rotatable bonds is 5. The molecule has 0 saturated heterocycles. The Balaban J connectivity index is 1.95. The van der Waals surface area contributed by atoms with Gasteiger partial charge in [-0.3, -0.25) is 0 Å². The lowest BCUT2D eigenvalue weighted by molar-refractivity contribution is 0.169. The second kappa shape index (κ2) is 7.06. The molecule has 0 amide bonds. The van der Waals surface area contributed by atoms with E-state index in [4.69, 9.17) is 0 Å². The molecule has 2 aromatic carbocycles. The third-order valence-electron chi connectivity index (χ3n) is 2.98. The minimum atomic E-state index is -1.14. The molecule has 0 heterocycles. The molecule has 0 aliphatic heterocycles. The Morgan fingerprint density at radius 1 is 1.05 bits per heavy atom. The average Bonchev–Trinajstić information content (AvgIpc) is 2.42. The third-order valence-corrected chi connectivity index (χ3v) is 3.48. The molecule has 2 N–H and O–H groups in total. The second-order valence-corrected chi connectivity index (χ2v) is 5.46. The van der Waals surface area contributed by atoms with E-state index < -0.39 is 17.7 Å². The Morgan fingerprint density at radius 2 is 1.81 bits per heavy atom. The zero-order valence-corrected chi connectivity index (χ0v) is 12.5. The van der Waals surface area contributed by atoms with Crippen LogP contribution < -0.4 is 5.32 Å². The van der Waals surface area contributed by atoms with Gasteiger partial charge in [0.15, 0.2) is 0 Å². The van der Waals surface area contributed by atoms with Gasteiger partial charge in [0, 0.05) is 34.8 Å². The molecule has 2 aromatic rings. The Morgan fingerprint density at radius 3 is 2.52 bits per heavy atom. The van der Waals surface area contributed by atoms with Crippen molar-refractivity contribution in [3.05, 3.63) is 69.4 Å². The van der Waals surface area contributed by atoms with Crippen LogP contribution in [-0.2, 0) is 6.54 Å². The van der Waals surface area contributed by atoms with E-state index in [1.54, 1.807) is 12.1 Å². The molecule has 6 heteroatoms. The molecule has 0 aromatic heterocycles. The van der Waals surface area contributed by atoms with Crippen LogP contribution in [0.5, 0.6) is 0 Å². The summed E-state index contributed by atoms with van der Waals surface area (Å²) in [6.45, 7) is 0.208. The van der Waals surface area contributed by atoms with Crippen LogP contribution in [-0.4, -0.2) is 11.7 Å². The fourth-order valence-corrected chi connectivity index (χ4v) is 2.31. The Labute approximate surface area is 128 Å². The minimum absolute atomic E-state index is 0.00128. The van der Waals surface area contributed by atoms with Crippen LogP contribution in [0.3, 0.4) is 0 Å². The van der Waals surface area contributed by atoms with Crippen LogP contribution in [0.4, 0.5) is 13.2 Å². The van der Waals surface area contributed by atoms with Crippen molar-refractivity contribution in [3.8, 4) is 0 Å². The highest BCUT2D eigenvalue weighted by Crippen LogP contribution is 2.18. The first-order chi connectivity index (χ1) is 9.97. The smallest absolute Gasteiger partial charge is 0.131 e. The van der Waals surface area contributed by atoms with E-state index in [0.717, 1.165) is 10.5 Å². The van der Waals surface area contributed by atoms with Crippen LogP contribution in [0, 0.1) is 17.5 Å². The lowest BCUT2D eigenvalue weighted by Gasteiger charge is -2.13. The second-order valence-electron chi connectivity index (χ2n) is 4.55. The fraction of sp³-hybridized carbons (Fsp3) is 0.200. The lowest BCUT2D eigenvalue weighted by Crippen LogP contribution is -2.22. The van der Waals surface area contributed by atoms with Crippen LogP contribution >= 0.6 is 15.9 Å². The molecule has 0 radical (unpaired) electrons. The summed E-state index contributed by atoms with van der Waals surface area (Å²) in [5, 5.41) is 12.7. The molecule has 0 aliphatic rings. The van der Waals surface area contributed by atoms with Crippen molar-refractivity contribution < 1.29 is 18.3 Å². The lowest BCUT2D eigenvalue weighted by atomic mass is 10.1. The predicted octanol–water partition coefficient (Wildman–Crippen LogP) is 3.69. The number of aliphatic hydroxyl groups excluding tert-OH is 1. The Hall–Kier alpha value is -1.37. The van der Waals surface area contributed by atoms with E-state index in [1.807, 2.05) is 0 Å². The molecule has 0 fully saturated rings. The molecule has 2 nitrogen and oxygen atoms in total. The maximum Gasteiger partial charge on any atom is 0.131 e. The van der Waals surface area contributed by atoms with Crippen molar-refractivity contribution in [1.29, 1.82) is 0 Å². The van der Waals surface area contributed by atoms with Crippen molar-refractivity contribution in [2.45, 2.75) is 12.6 Å². The summed E-state index contributed by atoms with van der Waals surface area (Å²) >= 11 is 3.24. The SMILES string of the molecule is OC(CNCc1cc(Br)ccc1F)c1ccc(F)cc1F. The highest BCUT2D eigenvalue weighted by molar-refractivity contribution is 9.10. The number of aliphatic hydroxyl groups is 1. The summed E-state index contributed by atoms with van der Waals surface area (Å²) in [6.07, 6.45) is -1.14. The molecule has 0 spiro atoms. The van der Waals surface area contributed by atoms with Crippen molar-refractivity contribution >= 4 is 15.9 Å². The maximum absolute atomic E-state index is 13.5. The number of hydrogen-bond donors (Lipinski definition) is 2. The van der Waals surface area contributed by atoms with E-state index in [1.165, 1.54) is 12.1 Å². The normalized spacial score (nSPS) is 12.4. The quantitative estimate of drug-likeness (QED) is 0.853. The van der Waals surface area contributed by atoms with Crippen molar-refractivity contribution in [1.82, 2.24) is 5.32 Å². The van der Waals surface area contributed by atoms with Gasteiger partial charge in [0.05, 0.1) is 6.10 Å². The Kier molecular flexibility index (Phi) is 5.39. The standard InChI is InChI=1S/C15H13BrF3NO/c16-10-1-4-13(18)9(5-10)7-20-8-15(21)12-3-2-11(17)6-14(12)19/h1-6,15,20-21H,7-8H2. The van der Waals surface area contributed by atoms with Gasteiger partial charge in [-0.1, -0.05) is 22.0 Å². The molecule has 0 saturated carbocycles. The highest BCUT2D eigenvalue weighted by atomic mass is 79.9. The number of hydrogen-bond acceptors (Lipinski definition) is 2. The van der Waals surface area contributed by atoms with Crippen LogP contribution in [0.2, 0.25) is 0 Å². The van der Waals surface area contributed by atoms with Gasteiger partial charge < -0.3 is 10.4 Å². The largest absolute Gasteiger partial charge is 0.387 e. The van der Waals surface area contributed by atoms with Gasteiger partial charge in [0.25, 0.3) is 0 Å². The number of nitrogens with one attached hydrogen (secondary N) is 1. The van der Waals surface area contributed by atoms with Gasteiger partial charge in [0.2, 0.25) is 0 Å². The number of benzene rings is 2. The molecule has 0 aliphatic carbocycles. The van der Waals surface area contributed by atoms with E-state index in [9.17, 15) is 18.3 Å². The molecular weight excluding hydrogens is 347 g/mol. The molecule has 21 heavy (non-hydrogen) atoms. The summed E-state index contributed by atoms with van der Waals surface area (Å²) in [5.74, 6) is -1.88. The van der Waals surface area contributed by atoms with E-state index in [2.05, 4.69) is 21.2 Å². The summed E-state index contributed by atoms with van der Waals surface area (Å²) in [5.41, 5.74) is 0.426. The summed E-state index contributed by atoms with van der Waals surface area (Å²) in [4.78, 5) is 0. The van der Waals surface area contributed by atoms with Gasteiger partial charge >= 0.3 is 0 Å². The van der Waals surface area contributed by atoms with Crippen molar-refractivity contribution in [2.75, 3.05) is 6.54 Å². The monoisotopic (exact) mass is 359 g/mol. The third kappa shape index (κ3) is 4.30. The zero-order valence-electron chi connectivity index (χ0n) is 10.9. The van der Waals surface area contributed by atoms with Crippen molar-refractivity contribution in [3.63, 3.8) is 0 Å². The van der Waals surface area contributed by atoms with Crippen molar-refractivity contribution in [2.24, 2.45) is 0 Å². The van der Waals surface area contributed by atoms with Crippen LogP contribution in [0.15, 0.2) is 40.9 Å². The topological polar surface area (TPSA) is 32.3 Å². The zero-order chi connectivity index (χ0) is 15.4. The van der Waals surface area contributed by atoms with E-state index >= 15 is 0 Å². The first-order valence-corrected chi connectivity index (χ1v) is 7.04. The van der Waals surface area contributed by atoms with Gasteiger partial charge in [-0.15, -0.1) is 0 Å². The maximum atomic E-state index is 13.5. The van der Waals surface area contributed by atoms with Gasteiger partial charge in [0.1, 0.15) is 17.5 Å². The first kappa shape index (κ1) is 16.0. The van der Waals surface area contributed by atoms with Crippen LogP contribution in [0.25, 0.3) is 0 Å². The Bertz CT molecular complexity index is 636. The fourth-order valence-electron chi connectivity index (χ4n) is 1.90. The minimum Gasteiger partial charge on any atom is -0.387 e. The van der Waals surface area contributed by atoms with E-state index in [0.29, 0.717) is 11.6 Å². The first-order valence-electron chi connectivity index (χ1n) is 6.25. The average molecular weight is 360 g/mol. The summed E-state index contributed by atoms with van der Waals surface area (Å²) in [7, 11) is 0. The van der Waals surface area contributed by atoms with Gasteiger partial charge in [-0.05, 0) is 24.3 Å². The van der Waals surface area contributed by atoms with Gasteiger partial charge in [-0.25, -0.2) is 13.2 Å². The molecular formula is C15H13BrF3NO. The van der Waals surface area contributed by atoms with Crippen LogP contribution in [0.1, 0.15) is 17.2 Å². The summed E-state index contributed by atoms with van der Waals surface area (Å²) in [6, 6.07) is 7.52. The predicted molar refractivity (Wildman–Crippen MR) is 77.1 cm³/mol. The molecule has 2 rings (SSSR count). The number of halogens is 4. The molecule has 1 unspecified atom stereocenters. The van der Waals surface area contributed by atoms with E-state index in [-0.39, 0.29) is 24.5 Å². The highest BCUT2D eigenvalue weighted by Gasteiger charge is 2.13. The molecule has 112 valence electrons. The molecule has 0 bridgehead atoms.